The third-order valence-corrected chi connectivity index (χ3v) is 6.14. The molecule has 0 radical (unpaired) electrons. The molecule has 0 saturated heterocycles. The number of nitrogens with zero attached hydrogens (tertiary/aromatic N) is 3. The molecule has 0 bridgehead atoms. The first-order chi connectivity index (χ1) is 17.0. The number of ether oxygens (including phenoxy) is 1. The second-order valence-corrected chi connectivity index (χ2v) is 8.53. The maximum atomic E-state index is 13.5. The lowest BCUT2D eigenvalue weighted by atomic mass is 9.98. The predicted octanol–water partition coefficient (Wildman–Crippen LogP) is 4.95. The zero-order valence-corrected chi connectivity index (χ0v) is 20.0. The number of methoxy groups -OCH3 is 1. The highest BCUT2D eigenvalue weighted by molar-refractivity contribution is 6.33. The lowest BCUT2D eigenvalue weighted by molar-refractivity contribution is -0.133. The van der Waals surface area contributed by atoms with E-state index >= 15 is 0 Å². The van der Waals surface area contributed by atoms with E-state index in [9.17, 15) is 14.0 Å². The number of hydrogen-bond acceptors (Lipinski definition) is 4. The van der Waals surface area contributed by atoms with Crippen molar-refractivity contribution in [2.75, 3.05) is 26.8 Å². The highest BCUT2D eigenvalue weighted by Crippen LogP contribution is 2.33. The molecule has 1 heterocycles. The van der Waals surface area contributed by atoms with E-state index in [1.807, 2.05) is 30.3 Å². The predicted molar refractivity (Wildman–Crippen MR) is 133 cm³/mol. The molecule has 0 N–H and O–H groups in total. The number of hydrazone groups is 1. The van der Waals surface area contributed by atoms with Crippen molar-refractivity contribution in [1.29, 1.82) is 0 Å². The highest BCUT2D eigenvalue weighted by atomic mass is 35.5. The van der Waals surface area contributed by atoms with E-state index < -0.39 is 0 Å². The number of carbonyl (C=O) groups excluding carboxylic acids is 2. The minimum atomic E-state index is -0.362. The average Bonchev–Trinajstić information content (AvgIpc) is 3.33. The largest absolute Gasteiger partial charge is 0.383 e. The van der Waals surface area contributed by atoms with Gasteiger partial charge in [0.25, 0.3) is 11.8 Å². The zero-order valence-electron chi connectivity index (χ0n) is 19.2. The Labute approximate surface area is 208 Å². The molecule has 180 valence electrons. The van der Waals surface area contributed by atoms with Crippen LogP contribution in [0.1, 0.15) is 33.9 Å². The van der Waals surface area contributed by atoms with Gasteiger partial charge < -0.3 is 9.64 Å². The molecule has 0 saturated carbocycles. The van der Waals surface area contributed by atoms with E-state index in [0.717, 1.165) is 11.1 Å². The molecule has 3 aromatic rings. The minimum absolute atomic E-state index is 0.197. The molecule has 1 atom stereocenters. The number of benzene rings is 3. The Morgan fingerprint density at radius 2 is 1.74 bits per heavy atom. The maximum Gasteiger partial charge on any atom is 0.262 e. The van der Waals surface area contributed by atoms with Crippen molar-refractivity contribution < 1.29 is 18.7 Å². The molecule has 3 aromatic carbocycles. The van der Waals surface area contributed by atoms with Crippen LogP contribution in [0.2, 0.25) is 5.02 Å². The number of rotatable bonds is 8. The lowest BCUT2D eigenvalue weighted by Gasteiger charge is -2.27. The van der Waals surface area contributed by atoms with Crippen molar-refractivity contribution in [3.63, 3.8) is 0 Å². The first-order valence-electron chi connectivity index (χ1n) is 11.2. The molecule has 0 fully saturated rings. The van der Waals surface area contributed by atoms with Crippen LogP contribution in [-0.2, 0) is 9.53 Å². The number of carbonyl (C=O) groups is 2. The van der Waals surface area contributed by atoms with Gasteiger partial charge >= 0.3 is 0 Å². The summed E-state index contributed by atoms with van der Waals surface area (Å²) >= 11 is 6.24. The van der Waals surface area contributed by atoms with Gasteiger partial charge in [-0.2, -0.15) is 5.10 Å². The molecule has 4 rings (SSSR count). The standard InChI is InChI=1S/C27H25ClFN3O3/c1-35-16-15-31(27(34)22-9-5-6-10-23(22)28)18-26(33)32-25(20-7-3-2-4-8-20)17-24(30-32)19-11-13-21(29)14-12-19/h2-14,25H,15-18H2,1H3/t25-/m1/s1. The van der Waals surface area contributed by atoms with Gasteiger partial charge in [-0.15, -0.1) is 0 Å². The summed E-state index contributed by atoms with van der Waals surface area (Å²) in [5.41, 5.74) is 2.65. The van der Waals surface area contributed by atoms with Gasteiger partial charge in [0.15, 0.2) is 0 Å². The van der Waals surface area contributed by atoms with Crippen molar-refractivity contribution in [1.82, 2.24) is 9.91 Å². The van der Waals surface area contributed by atoms with Gasteiger partial charge in [-0.25, -0.2) is 9.40 Å². The summed E-state index contributed by atoms with van der Waals surface area (Å²) in [6.07, 6.45) is 0.470. The Bertz CT molecular complexity index is 1220. The molecule has 35 heavy (non-hydrogen) atoms. The molecule has 8 heteroatoms. The molecular weight excluding hydrogens is 469 g/mol. The fourth-order valence-corrected chi connectivity index (χ4v) is 4.20. The van der Waals surface area contributed by atoms with Crippen molar-refractivity contribution in [2.45, 2.75) is 12.5 Å². The van der Waals surface area contributed by atoms with Gasteiger partial charge in [0.05, 0.1) is 28.9 Å². The van der Waals surface area contributed by atoms with Crippen LogP contribution in [-0.4, -0.2) is 54.2 Å². The maximum absolute atomic E-state index is 13.5. The first-order valence-corrected chi connectivity index (χ1v) is 11.6. The van der Waals surface area contributed by atoms with Gasteiger partial charge in [0, 0.05) is 20.1 Å². The molecule has 1 aliphatic heterocycles. The summed E-state index contributed by atoms with van der Waals surface area (Å²) in [7, 11) is 1.53. The number of hydrogen-bond donors (Lipinski definition) is 0. The Morgan fingerprint density at radius 3 is 2.43 bits per heavy atom. The molecule has 0 spiro atoms. The zero-order chi connectivity index (χ0) is 24.8. The Morgan fingerprint density at radius 1 is 1.06 bits per heavy atom. The molecule has 6 nitrogen and oxygen atoms in total. The van der Waals surface area contributed by atoms with Crippen LogP contribution in [0.3, 0.4) is 0 Å². The average molecular weight is 494 g/mol. The molecule has 0 aromatic heterocycles. The van der Waals surface area contributed by atoms with Crippen LogP contribution >= 0.6 is 11.6 Å². The Kier molecular flexibility index (Phi) is 7.90. The Hall–Kier alpha value is -3.55. The fourth-order valence-electron chi connectivity index (χ4n) is 3.99. The van der Waals surface area contributed by atoms with Crippen LogP contribution in [0, 0.1) is 5.82 Å². The van der Waals surface area contributed by atoms with Crippen LogP contribution in [0.4, 0.5) is 4.39 Å². The van der Waals surface area contributed by atoms with Gasteiger partial charge in [-0.3, -0.25) is 9.59 Å². The van der Waals surface area contributed by atoms with E-state index in [0.29, 0.717) is 22.7 Å². The summed E-state index contributed by atoms with van der Waals surface area (Å²) in [6.45, 7) is 0.275. The van der Waals surface area contributed by atoms with Crippen molar-refractivity contribution >= 4 is 29.1 Å². The summed E-state index contributed by atoms with van der Waals surface area (Å²) in [4.78, 5) is 28.2. The normalized spacial score (nSPS) is 15.1. The quantitative estimate of drug-likeness (QED) is 0.446. The van der Waals surface area contributed by atoms with Crippen molar-refractivity contribution in [3.05, 3.63) is 106 Å². The SMILES string of the molecule is COCCN(CC(=O)N1N=C(c2ccc(F)cc2)C[C@@H]1c1ccccc1)C(=O)c1ccccc1Cl. The van der Waals surface area contributed by atoms with Gasteiger partial charge in [-0.05, 0) is 35.4 Å². The smallest absolute Gasteiger partial charge is 0.262 e. The van der Waals surface area contributed by atoms with Crippen molar-refractivity contribution in [2.24, 2.45) is 5.10 Å². The van der Waals surface area contributed by atoms with Crippen LogP contribution in [0.5, 0.6) is 0 Å². The molecule has 1 aliphatic rings. The summed E-state index contributed by atoms with van der Waals surface area (Å²) in [5.74, 6) is -1.04. The second-order valence-electron chi connectivity index (χ2n) is 8.12. The summed E-state index contributed by atoms with van der Waals surface area (Å²) < 4.78 is 18.6. The van der Waals surface area contributed by atoms with E-state index in [4.69, 9.17) is 16.3 Å². The van der Waals surface area contributed by atoms with Crippen LogP contribution in [0.25, 0.3) is 0 Å². The van der Waals surface area contributed by atoms with E-state index in [1.54, 1.807) is 36.4 Å². The van der Waals surface area contributed by atoms with Crippen LogP contribution in [0.15, 0.2) is 84.0 Å². The van der Waals surface area contributed by atoms with E-state index in [1.165, 1.54) is 29.2 Å². The highest BCUT2D eigenvalue weighted by Gasteiger charge is 2.34. The second kappa shape index (κ2) is 11.3. The Balaban J connectivity index is 1.62. The number of halogens is 2. The van der Waals surface area contributed by atoms with Crippen molar-refractivity contribution in [3.8, 4) is 0 Å². The number of amides is 2. The third kappa shape index (κ3) is 5.75. The van der Waals surface area contributed by atoms with Gasteiger partial charge in [-0.1, -0.05) is 66.2 Å². The first kappa shape index (κ1) is 24.6. The van der Waals surface area contributed by atoms with Gasteiger partial charge in [0.2, 0.25) is 0 Å². The van der Waals surface area contributed by atoms with E-state index in [-0.39, 0.29) is 43.4 Å². The third-order valence-electron chi connectivity index (χ3n) is 5.81. The molecule has 2 amide bonds. The molecule has 0 aliphatic carbocycles. The van der Waals surface area contributed by atoms with E-state index in [2.05, 4.69) is 5.10 Å². The lowest BCUT2D eigenvalue weighted by Crippen LogP contribution is -2.42. The van der Waals surface area contributed by atoms with Gasteiger partial charge in [0.1, 0.15) is 12.4 Å². The summed E-state index contributed by atoms with van der Waals surface area (Å²) in [5, 5.41) is 6.35. The van der Waals surface area contributed by atoms with Crippen LogP contribution < -0.4 is 0 Å². The molecule has 0 unspecified atom stereocenters. The summed E-state index contributed by atoms with van der Waals surface area (Å²) in [6, 6.07) is 22.0. The minimum Gasteiger partial charge on any atom is -0.383 e. The fraction of sp³-hybridized carbons (Fsp3) is 0.222. The topological polar surface area (TPSA) is 62.2 Å². The monoisotopic (exact) mass is 493 g/mol. The molecular formula is C27H25ClFN3O3.